The van der Waals surface area contributed by atoms with Crippen molar-refractivity contribution in [3.05, 3.63) is 119 Å². The van der Waals surface area contributed by atoms with Crippen LogP contribution in [-0.4, -0.2) is 103 Å². The average molecular weight is 660 g/mol. The van der Waals surface area contributed by atoms with E-state index in [1.807, 2.05) is 80.6 Å². The van der Waals surface area contributed by atoms with E-state index in [-0.39, 0.29) is 29.7 Å². The van der Waals surface area contributed by atoms with Crippen LogP contribution >= 0.6 is 0 Å². The quantitative estimate of drug-likeness (QED) is 0.227. The number of amides is 3. The summed E-state index contributed by atoms with van der Waals surface area (Å²) in [6, 6.07) is 31.2. The van der Waals surface area contributed by atoms with Gasteiger partial charge >= 0.3 is 0 Å². The van der Waals surface area contributed by atoms with Crippen molar-refractivity contribution in [2.45, 2.75) is 55.8 Å². The lowest BCUT2D eigenvalue weighted by Gasteiger charge is -2.38. The maximum absolute atomic E-state index is 15.0. The van der Waals surface area contributed by atoms with E-state index in [1.165, 1.54) is 0 Å². The summed E-state index contributed by atoms with van der Waals surface area (Å²) in [5.41, 5.74) is 2.50. The third kappa shape index (κ3) is 6.98. The lowest BCUT2D eigenvalue weighted by Crippen LogP contribution is -2.59. The zero-order valence-electron chi connectivity index (χ0n) is 29.4. The second kappa shape index (κ2) is 14.5. The molecule has 1 saturated heterocycles. The number of nitrogens with one attached hydrogen (secondary N) is 1. The van der Waals surface area contributed by atoms with Crippen LogP contribution in [0.4, 0.5) is 0 Å². The van der Waals surface area contributed by atoms with Gasteiger partial charge in [-0.3, -0.25) is 14.4 Å². The summed E-state index contributed by atoms with van der Waals surface area (Å²) >= 11 is 0. The van der Waals surface area contributed by atoms with E-state index in [4.69, 9.17) is 0 Å². The minimum atomic E-state index is -1.02. The van der Waals surface area contributed by atoms with Crippen LogP contribution in [0.5, 0.6) is 0 Å². The van der Waals surface area contributed by atoms with Gasteiger partial charge in [0.25, 0.3) is 5.91 Å². The number of carbonyl (C=O) groups excluding carboxylic acids is 3. The smallest absolute Gasteiger partial charge is 0.254 e. The molecule has 4 aromatic rings. The minimum Gasteiger partial charge on any atom is -0.336 e. The van der Waals surface area contributed by atoms with E-state index in [0.717, 1.165) is 46.8 Å². The molecule has 6 rings (SSSR count). The van der Waals surface area contributed by atoms with Crippen LogP contribution in [-0.2, 0) is 22.6 Å². The van der Waals surface area contributed by atoms with Crippen molar-refractivity contribution in [1.82, 2.24) is 24.9 Å². The SMILES string of the molecule is CNCc1cccc(C(=O)N(C)[C@H](Cc2ccc3ccccc3c2)C(=O)N(C)[C@@]2(C(=O)N3CCC[C@H]3CN(C)C)CC2c2ccccc2)c1. The maximum atomic E-state index is 15.0. The van der Waals surface area contributed by atoms with Gasteiger partial charge in [-0.2, -0.15) is 0 Å². The number of rotatable bonds is 12. The highest BCUT2D eigenvalue weighted by molar-refractivity contribution is 6.01. The summed E-state index contributed by atoms with van der Waals surface area (Å²) in [5.74, 6) is -0.576. The van der Waals surface area contributed by atoms with E-state index >= 15 is 4.79 Å². The highest BCUT2D eigenvalue weighted by atomic mass is 16.2. The molecule has 1 saturated carbocycles. The van der Waals surface area contributed by atoms with E-state index in [0.29, 0.717) is 31.5 Å². The van der Waals surface area contributed by atoms with Crippen LogP contribution in [0.25, 0.3) is 10.8 Å². The van der Waals surface area contributed by atoms with Gasteiger partial charge < -0.3 is 24.9 Å². The summed E-state index contributed by atoms with van der Waals surface area (Å²) in [6.45, 7) is 2.10. The molecule has 0 radical (unpaired) electrons. The normalized spacial score (nSPS) is 20.7. The van der Waals surface area contributed by atoms with Crippen LogP contribution < -0.4 is 5.32 Å². The van der Waals surface area contributed by atoms with Crippen molar-refractivity contribution < 1.29 is 14.4 Å². The number of nitrogens with zero attached hydrogens (tertiary/aromatic N) is 4. The second-order valence-electron chi connectivity index (χ2n) is 14.1. The molecule has 0 bridgehead atoms. The lowest BCUT2D eigenvalue weighted by molar-refractivity contribution is -0.149. The molecule has 0 aromatic heterocycles. The fourth-order valence-electron chi connectivity index (χ4n) is 7.81. The Morgan fingerprint density at radius 1 is 0.857 bits per heavy atom. The van der Waals surface area contributed by atoms with E-state index in [2.05, 4.69) is 46.6 Å². The lowest BCUT2D eigenvalue weighted by atomic mass is 9.97. The zero-order chi connectivity index (χ0) is 34.7. The molecule has 1 aliphatic heterocycles. The Hall–Kier alpha value is -4.53. The Bertz CT molecular complexity index is 1810. The Morgan fingerprint density at radius 2 is 1.59 bits per heavy atom. The Balaban J connectivity index is 1.37. The van der Waals surface area contributed by atoms with Crippen LogP contribution in [0.2, 0.25) is 0 Å². The first-order valence-electron chi connectivity index (χ1n) is 17.4. The number of hydrogen-bond acceptors (Lipinski definition) is 5. The third-order valence-electron chi connectivity index (χ3n) is 10.5. The molecule has 2 fully saturated rings. The molecular formula is C41H49N5O3. The zero-order valence-corrected chi connectivity index (χ0v) is 29.4. The first-order chi connectivity index (χ1) is 23.6. The van der Waals surface area contributed by atoms with Gasteiger partial charge in [0.1, 0.15) is 11.6 Å². The molecule has 8 nitrogen and oxygen atoms in total. The van der Waals surface area contributed by atoms with E-state index in [9.17, 15) is 9.59 Å². The molecule has 49 heavy (non-hydrogen) atoms. The van der Waals surface area contributed by atoms with Crippen molar-refractivity contribution in [2.75, 3.05) is 48.3 Å². The molecule has 4 aromatic carbocycles. The predicted molar refractivity (Wildman–Crippen MR) is 195 cm³/mol. The van der Waals surface area contributed by atoms with Crippen LogP contribution in [0.1, 0.15) is 52.2 Å². The molecule has 256 valence electrons. The van der Waals surface area contributed by atoms with Gasteiger partial charge in [0, 0.05) is 57.7 Å². The van der Waals surface area contributed by atoms with Crippen LogP contribution in [0.3, 0.4) is 0 Å². The first-order valence-corrected chi connectivity index (χ1v) is 17.4. The largest absolute Gasteiger partial charge is 0.336 e. The van der Waals surface area contributed by atoms with Gasteiger partial charge in [-0.15, -0.1) is 0 Å². The Kier molecular flexibility index (Phi) is 10.2. The van der Waals surface area contributed by atoms with E-state index in [1.54, 1.807) is 30.0 Å². The summed E-state index contributed by atoms with van der Waals surface area (Å²) in [4.78, 5) is 51.5. The number of carbonyl (C=O) groups is 3. The monoisotopic (exact) mass is 659 g/mol. The highest BCUT2D eigenvalue weighted by Crippen LogP contribution is 2.57. The Labute approximate surface area is 290 Å². The van der Waals surface area contributed by atoms with Gasteiger partial charge in [-0.25, -0.2) is 0 Å². The molecular weight excluding hydrogens is 610 g/mol. The molecule has 1 heterocycles. The van der Waals surface area contributed by atoms with Crippen molar-refractivity contribution in [3.63, 3.8) is 0 Å². The minimum absolute atomic E-state index is 0.0137. The predicted octanol–water partition coefficient (Wildman–Crippen LogP) is 5.18. The molecule has 1 aliphatic carbocycles. The van der Waals surface area contributed by atoms with Crippen LogP contribution in [0.15, 0.2) is 97.1 Å². The molecule has 8 heteroatoms. The van der Waals surface area contributed by atoms with Gasteiger partial charge in [0.15, 0.2) is 0 Å². The molecule has 3 amide bonds. The van der Waals surface area contributed by atoms with Gasteiger partial charge in [0.2, 0.25) is 11.8 Å². The number of hydrogen-bond donors (Lipinski definition) is 1. The molecule has 2 aliphatic rings. The average Bonchev–Trinajstić information content (AvgIpc) is 3.72. The third-order valence-corrected chi connectivity index (χ3v) is 10.5. The van der Waals surface area contributed by atoms with Gasteiger partial charge in [-0.05, 0) is 80.0 Å². The fraction of sp³-hybridized carbons (Fsp3) is 0.390. The standard InChI is InChI=1S/C41H49N5O3/c1-42-27-30-13-11-18-34(24-30)38(47)44(4)37(25-29-20-21-31-14-9-10-17-33(31)23-29)39(48)45(5)41(26-36(41)32-15-7-6-8-16-32)40(49)46-22-12-19-35(46)28-43(2)3/h6-11,13-18,20-21,23-24,35-37,42H,12,19,22,25-28H2,1-5H3/t35-,36?,37+,41-/m0/s1. The maximum Gasteiger partial charge on any atom is 0.254 e. The summed E-state index contributed by atoms with van der Waals surface area (Å²) in [5, 5.41) is 5.34. The highest BCUT2D eigenvalue weighted by Gasteiger charge is 2.66. The van der Waals surface area contributed by atoms with E-state index < -0.39 is 11.6 Å². The van der Waals surface area contributed by atoms with Crippen LogP contribution in [0, 0.1) is 0 Å². The summed E-state index contributed by atoms with van der Waals surface area (Å²) < 4.78 is 0. The molecule has 0 spiro atoms. The molecule has 1 unspecified atom stereocenters. The van der Waals surface area contributed by atoms with Gasteiger partial charge in [0.05, 0.1) is 0 Å². The molecule has 1 N–H and O–H groups in total. The number of benzene rings is 4. The molecule has 4 atom stereocenters. The number of fused-ring (bicyclic) bond motifs is 1. The topological polar surface area (TPSA) is 76.2 Å². The van der Waals surface area contributed by atoms with Crippen molar-refractivity contribution in [3.8, 4) is 0 Å². The summed E-state index contributed by atoms with van der Waals surface area (Å²) in [7, 11) is 9.44. The van der Waals surface area contributed by atoms with Gasteiger partial charge in [-0.1, -0.05) is 84.9 Å². The number of likely N-dealkylation sites (N-methyl/N-ethyl adjacent to an activating group) is 3. The van der Waals surface area contributed by atoms with Crippen molar-refractivity contribution >= 4 is 28.5 Å². The first kappa shape index (κ1) is 34.3. The number of likely N-dealkylation sites (tertiary alicyclic amines) is 1. The Morgan fingerprint density at radius 3 is 2.33 bits per heavy atom. The second-order valence-corrected chi connectivity index (χ2v) is 14.1. The summed E-state index contributed by atoms with van der Waals surface area (Å²) in [6.07, 6.45) is 2.76. The van der Waals surface area contributed by atoms with Crippen molar-refractivity contribution in [2.24, 2.45) is 0 Å². The fourth-order valence-corrected chi connectivity index (χ4v) is 7.81. The van der Waals surface area contributed by atoms with Crippen molar-refractivity contribution in [1.29, 1.82) is 0 Å².